The van der Waals surface area contributed by atoms with Gasteiger partial charge in [-0.15, -0.1) is 0 Å². The van der Waals surface area contributed by atoms with Crippen LogP contribution in [0, 0.1) is 0 Å². The molecule has 1 atom stereocenters. The lowest BCUT2D eigenvalue weighted by Crippen LogP contribution is -2.30. The molecule has 0 radical (unpaired) electrons. The van der Waals surface area contributed by atoms with Crippen LogP contribution < -0.4 is 0 Å². The first-order valence-electron chi connectivity index (χ1n) is 33.4. The Morgan fingerprint density at radius 3 is 0.818 bits per heavy atom. The van der Waals surface area contributed by atoms with E-state index in [1.165, 1.54) is 199 Å². The number of hydrogen-bond donors (Lipinski definition) is 0. The molecule has 0 spiro atoms. The van der Waals surface area contributed by atoms with Crippen molar-refractivity contribution < 1.29 is 28.6 Å². The van der Waals surface area contributed by atoms with Crippen LogP contribution in [0.15, 0.2) is 72.9 Å². The van der Waals surface area contributed by atoms with Gasteiger partial charge in [0.25, 0.3) is 0 Å². The fourth-order valence-electron chi connectivity index (χ4n) is 9.66. The number of carbonyl (C=O) groups is 3. The van der Waals surface area contributed by atoms with Crippen LogP contribution in [0.2, 0.25) is 0 Å². The second-order valence-electron chi connectivity index (χ2n) is 22.3. The Morgan fingerprint density at radius 2 is 0.506 bits per heavy atom. The minimum Gasteiger partial charge on any atom is -0.462 e. The largest absolute Gasteiger partial charge is 0.462 e. The summed E-state index contributed by atoms with van der Waals surface area (Å²) >= 11 is 0. The minimum absolute atomic E-state index is 0.0774. The molecule has 0 aliphatic heterocycles. The molecule has 0 saturated heterocycles. The van der Waals surface area contributed by atoms with Crippen molar-refractivity contribution in [1.29, 1.82) is 0 Å². The molecular formula is C71H126O6. The molecule has 0 saturated carbocycles. The van der Waals surface area contributed by atoms with E-state index in [-0.39, 0.29) is 31.1 Å². The van der Waals surface area contributed by atoms with Crippen LogP contribution in [-0.2, 0) is 28.6 Å². The number of unbranched alkanes of at least 4 members (excludes halogenated alkanes) is 38. The lowest BCUT2D eigenvalue weighted by Gasteiger charge is -2.18. The first-order valence-corrected chi connectivity index (χ1v) is 33.4. The van der Waals surface area contributed by atoms with Gasteiger partial charge >= 0.3 is 17.9 Å². The van der Waals surface area contributed by atoms with E-state index in [9.17, 15) is 14.4 Å². The van der Waals surface area contributed by atoms with Gasteiger partial charge in [-0.25, -0.2) is 0 Å². The molecule has 6 nitrogen and oxygen atoms in total. The van der Waals surface area contributed by atoms with Gasteiger partial charge in [-0.05, 0) is 109 Å². The Hall–Kier alpha value is -3.15. The summed E-state index contributed by atoms with van der Waals surface area (Å²) in [5, 5.41) is 0. The molecule has 0 rings (SSSR count). The number of carbonyl (C=O) groups excluding carboxylic acids is 3. The van der Waals surface area contributed by atoms with Gasteiger partial charge in [0, 0.05) is 19.3 Å². The Kier molecular flexibility index (Phi) is 62.7. The highest BCUT2D eigenvalue weighted by Gasteiger charge is 2.19. The Morgan fingerprint density at radius 1 is 0.273 bits per heavy atom. The van der Waals surface area contributed by atoms with Crippen molar-refractivity contribution in [1.82, 2.24) is 0 Å². The third kappa shape index (κ3) is 63.6. The van der Waals surface area contributed by atoms with Gasteiger partial charge in [0.15, 0.2) is 6.10 Å². The van der Waals surface area contributed by atoms with E-state index in [1.807, 2.05) is 0 Å². The average molecular weight is 1080 g/mol. The van der Waals surface area contributed by atoms with Crippen LogP contribution >= 0.6 is 0 Å². The topological polar surface area (TPSA) is 78.9 Å². The third-order valence-electron chi connectivity index (χ3n) is 14.7. The van der Waals surface area contributed by atoms with E-state index in [1.54, 1.807) is 0 Å². The number of ether oxygens (including phenoxy) is 3. The van der Waals surface area contributed by atoms with E-state index >= 15 is 0 Å². The molecule has 0 aromatic carbocycles. The Labute approximate surface area is 478 Å². The van der Waals surface area contributed by atoms with E-state index in [4.69, 9.17) is 14.2 Å². The summed E-state index contributed by atoms with van der Waals surface area (Å²) in [4.78, 5) is 38.3. The lowest BCUT2D eigenvalue weighted by molar-refractivity contribution is -0.167. The average Bonchev–Trinajstić information content (AvgIpc) is 3.43. The monoisotopic (exact) mass is 1070 g/mol. The van der Waals surface area contributed by atoms with Gasteiger partial charge in [0.1, 0.15) is 13.2 Å². The molecule has 0 aliphatic rings. The fourth-order valence-corrected chi connectivity index (χ4v) is 9.66. The Bertz CT molecular complexity index is 1420. The van der Waals surface area contributed by atoms with Crippen LogP contribution in [0.4, 0.5) is 0 Å². The fraction of sp³-hybridized carbons (Fsp3) is 0.789. The standard InChI is InChI=1S/C71H126O6/c1-4-7-10-13-16-19-22-25-27-28-29-30-31-32-33-34-35-36-37-38-39-40-41-42-44-46-49-52-55-58-61-64-70(73)76-67-68(66-75-69(72)63-60-57-54-51-48-45-24-21-18-15-12-9-6-3)77-71(74)65-62-59-56-53-50-47-43-26-23-20-17-14-11-8-5-2/h7,10,16,19,21,24-27,29-30,43,68H,4-6,8-9,11-15,17-18,20,22-23,28,31-42,44-67H2,1-3H3/b10-7-,19-16-,24-21-,27-25-,30-29-,43-26-. The van der Waals surface area contributed by atoms with Crippen molar-refractivity contribution in [2.24, 2.45) is 0 Å². The van der Waals surface area contributed by atoms with Gasteiger partial charge in [-0.1, -0.05) is 286 Å². The highest BCUT2D eigenvalue weighted by molar-refractivity contribution is 5.71. The van der Waals surface area contributed by atoms with Crippen LogP contribution in [0.5, 0.6) is 0 Å². The number of hydrogen-bond acceptors (Lipinski definition) is 6. The zero-order chi connectivity index (χ0) is 55.7. The van der Waals surface area contributed by atoms with Crippen LogP contribution in [0.25, 0.3) is 0 Å². The molecule has 0 fully saturated rings. The van der Waals surface area contributed by atoms with Crippen molar-refractivity contribution >= 4 is 17.9 Å². The zero-order valence-electron chi connectivity index (χ0n) is 51.2. The van der Waals surface area contributed by atoms with Crippen molar-refractivity contribution in [2.75, 3.05) is 13.2 Å². The van der Waals surface area contributed by atoms with Gasteiger partial charge in [-0.3, -0.25) is 14.4 Å². The Balaban J connectivity index is 4.16. The predicted molar refractivity (Wildman–Crippen MR) is 335 cm³/mol. The molecule has 0 heterocycles. The molecule has 446 valence electrons. The molecule has 0 aliphatic carbocycles. The molecule has 0 N–H and O–H groups in total. The molecule has 0 aromatic heterocycles. The second-order valence-corrected chi connectivity index (χ2v) is 22.3. The van der Waals surface area contributed by atoms with E-state index in [2.05, 4.69) is 93.7 Å². The normalized spacial score (nSPS) is 12.5. The summed E-state index contributed by atoms with van der Waals surface area (Å²) in [6.45, 7) is 6.53. The molecule has 0 aromatic rings. The number of rotatable bonds is 61. The number of esters is 3. The summed E-state index contributed by atoms with van der Waals surface area (Å²) < 4.78 is 16.9. The maximum absolute atomic E-state index is 12.9. The second kappa shape index (κ2) is 65.4. The minimum atomic E-state index is -0.781. The van der Waals surface area contributed by atoms with E-state index in [0.29, 0.717) is 19.3 Å². The summed E-state index contributed by atoms with van der Waals surface area (Å²) in [5.41, 5.74) is 0. The predicted octanol–water partition coefficient (Wildman–Crippen LogP) is 22.9. The van der Waals surface area contributed by atoms with Crippen LogP contribution in [0.3, 0.4) is 0 Å². The molecule has 6 heteroatoms. The number of allylic oxidation sites excluding steroid dienone is 12. The van der Waals surface area contributed by atoms with Crippen molar-refractivity contribution in [2.45, 2.75) is 348 Å². The molecule has 0 bridgehead atoms. The molecule has 77 heavy (non-hydrogen) atoms. The van der Waals surface area contributed by atoms with Crippen LogP contribution in [0.1, 0.15) is 342 Å². The van der Waals surface area contributed by atoms with Crippen LogP contribution in [-0.4, -0.2) is 37.2 Å². The maximum Gasteiger partial charge on any atom is 0.306 e. The van der Waals surface area contributed by atoms with Gasteiger partial charge in [0.05, 0.1) is 0 Å². The summed E-state index contributed by atoms with van der Waals surface area (Å²) in [7, 11) is 0. The first-order chi connectivity index (χ1) is 38.0. The van der Waals surface area contributed by atoms with Gasteiger partial charge < -0.3 is 14.2 Å². The summed E-state index contributed by atoms with van der Waals surface area (Å²) in [6, 6.07) is 0. The first kappa shape index (κ1) is 73.8. The molecular weight excluding hydrogens is 949 g/mol. The van der Waals surface area contributed by atoms with E-state index in [0.717, 1.165) is 103 Å². The quantitative estimate of drug-likeness (QED) is 0.0261. The van der Waals surface area contributed by atoms with Crippen molar-refractivity contribution in [3.05, 3.63) is 72.9 Å². The smallest absolute Gasteiger partial charge is 0.306 e. The summed E-state index contributed by atoms with van der Waals surface area (Å²) in [5.74, 6) is -0.878. The molecule has 0 amide bonds. The lowest BCUT2D eigenvalue weighted by atomic mass is 10.0. The summed E-state index contributed by atoms with van der Waals surface area (Å²) in [6.07, 6.45) is 85.0. The van der Waals surface area contributed by atoms with E-state index < -0.39 is 6.10 Å². The van der Waals surface area contributed by atoms with Crippen molar-refractivity contribution in [3.63, 3.8) is 0 Å². The maximum atomic E-state index is 12.9. The zero-order valence-corrected chi connectivity index (χ0v) is 51.2. The highest BCUT2D eigenvalue weighted by Crippen LogP contribution is 2.17. The van der Waals surface area contributed by atoms with Crippen molar-refractivity contribution in [3.8, 4) is 0 Å². The van der Waals surface area contributed by atoms with Gasteiger partial charge in [-0.2, -0.15) is 0 Å². The third-order valence-corrected chi connectivity index (χ3v) is 14.7. The van der Waals surface area contributed by atoms with Gasteiger partial charge in [0.2, 0.25) is 0 Å². The SMILES string of the molecule is CC/C=C\C/C=C\C/C=C\C/C=C\CCCCCCCCCCCCCCCCCCCCC(=O)OCC(COC(=O)CCCCCCC/C=C\CCCCCC)OC(=O)CCCCCCC/C=C\CCCCCCCC. The molecule has 1 unspecified atom stereocenters. The highest BCUT2D eigenvalue weighted by atomic mass is 16.6.